The molecule has 0 bridgehead atoms. The molecule has 0 aliphatic carbocycles. The Morgan fingerprint density at radius 3 is 1.90 bits per heavy atom. The number of hydrogen-bond donors (Lipinski definition) is 2. The number of benzene rings is 2. The molecule has 1 aliphatic heterocycles. The van der Waals surface area contributed by atoms with Crippen molar-refractivity contribution >= 4 is 12.2 Å². The van der Waals surface area contributed by atoms with Gasteiger partial charge in [0, 0.05) is 38.3 Å². The zero-order valence-electron chi connectivity index (χ0n) is 25.2. The molecule has 1 fully saturated rings. The highest BCUT2D eigenvalue weighted by molar-refractivity contribution is 5.68. The Kier molecular flexibility index (Phi) is 11.8. The molecule has 10 heteroatoms. The predicted octanol–water partition coefficient (Wildman–Crippen LogP) is 5.13. The fourth-order valence-electron chi connectivity index (χ4n) is 4.07. The van der Waals surface area contributed by atoms with E-state index in [1.165, 1.54) is 0 Å². The van der Waals surface area contributed by atoms with Gasteiger partial charge in [-0.15, -0.1) is 0 Å². The Bertz CT molecular complexity index is 1090. The summed E-state index contributed by atoms with van der Waals surface area (Å²) < 4.78 is 28.0. The Hall–Kier alpha value is -3.34. The van der Waals surface area contributed by atoms with Gasteiger partial charge in [0.2, 0.25) is 0 Å². The van der Waals surface area contributed by atoms with Crippen LogP contribution in [0, 0.1) is 0 Å². The molecule has 2 amide bonds. The summed E-state index contributed by atoms with van der Waals surface area (Å²) in [6, 6.07) is 16.1. The fourth-order valence-corrected chi connectivity index (χ4v) is 4.07. The lowest BCUT2D eigenvalue weighted by atomic mass is 10.0. The Labute approximate surface area is 243 Å². The highest BCUT2D eigenvalue weighted by Crippen LogP contribution is 2.29. The van der Waals surface area contributed by atoms with Crippen molar-refractivity contribution in [2.45, 2.75) is 59.0 Å². The van der Waals surface area contributed by atoms with Crippen molar-refractivity contribution in [3.05, 3.63) is 54.1 Å². The molecule has 1 heterocycles. The minimum atomic E-state index is -0.567. The molecule has 1 aliphatic rings. The molecule has 10 nitrogen and oxygen atoms in total. The van der Waals surface area contributed by atoms with Gasteiger partial charge in [0.1, 0.15) is 23.6 Å². The maximum absolute atomic E-state index is 12.1. The number of carbonyl (C=O) groups is 2. The third-order valence-electron chi connectivity index (χ3n) is 5.82. The summed E-state index contributed by atoms with van der Waals surface area (Å²) in [5.74, 6) is 0.750. The molecule has 226 valence electrons. The lowest BCUT2D eigenvalue weighted by molar-refractivity contribution is -0.0440. The maximum Gasteiger partial charge on any atom is 0.407 e. The molecule has 0 spiro atoms. The van der Waals surface area contributed by atoms with Crippen molar-refractivity contribution in [1.82, 2.24) is 15.5 Å². The summed E-state index contributed by atoms with van der Waals surface area (Å²) in [5.41, 5.74) is 1.94. The van der Waals surface area contributed by atoms with Crippen LogP contribution in [0.2, 0.25) is 0 Å². The van der Waals surface area contributed by atoms with Gasteiger partial charge in [0.15, 0.2) is 6.29 Å². The number of nitrogens with zero attached hydrogens (tertiary/aromatic N) is 1. The van der Waals surface area contributed by atoms with E-state index in [-0.39, 0.29) is 6.29 Å². The van der Waals surface area contributed by atoms with Crippen molar-refractivity contribution in [3.8, 4) is 16.9 Å². The maximum atomic E-state index is 12.1. The SMILES string of the molecule is CC(C)(C)OC(=O)NCCN(CCNC(=O)OC(C)(C)C)CCOc1cccc(-c2cccc(C3OCCO3)c2)c1. The first-order valence-electron chi connectivity index (χ1n) is 14.1. The second kappa shape index (κ2) is 15.0. The lowest BCUT2D eigenvalue weighted by Gasteiger charge is -2.24. The van der Waals surface area contributed by atoms with Crippen LogP contribution in [0.25, 0.3) is 11.1 Å². The standard InChI is InChI=1S/C31H45N3O7/c1-30(2,3)40-28(35)32-13-15-34(16-14-33-29(36)41-31(4,5)6)17-18-37-26-12-8-10-24(22-26)23-9-7-11-25(21-23)27-38-19-20-39-27/h7-12,21-22,27H,13-20H2,1-6H3,(H,32,35)(H,33,36). The van der Waals surface area contributed by atoms with Crippen LogP contribution in [-0.2, 0) is 18.9 Å². The van der Waals surface area contributed by atoms with Crippen molar-refractivity contribution in [1.29, 1.82) is 0 Å². The number of carbonyl (C=O) groups excluding carboxylic acids is 2. The predicted molar refractivity (Wildman–Crippen MR) is 157 cm³/mol. The smallest absolute Gasteiger partial charge is 0.407 e. The average Bonchev–Trinajstić information content (AvgIpc) is 3.42. The van der Waals surface area contributed by atoms with Crippen LogP contribution in [0.4, 0.5) is 9.59 Å². The minimum absolute atomic E-state index is 0.324. The van der Waals surface area contributed by atoms with Crippen molar-refractivity contribution in [2.75, 3.05) is 52.5 Å². The zero-order valence-corrected chi connectivity index (χ0v) is 25.2. The second-order valence-corrected chi connectivity index (χ2v) is 11.8. The number of ether oxygens (including phenoxy) is 5. The first kappa shape index (κ1) is 32.2. The molecular weight excluding hydrogens is 526 g/mol. The van der Waals surface area contributed by atoms with Crippen molar-refractivity contribution < 1.29 is 33.3 Å². The molecule has 3 rings (SSSR count). The highest BCUT2D eigenvalue weighted by Gasteiger charge is 2.19. The number of nitrogens with one attached hydrogen (secondary N) is 2. The Morgan fingerprint density at radius 2 is 1.34 bits per heavy atom. The number of hydrogen-bond acceptors (Lipinski definition) is 8. The first-order valence-corrected chi connectivity index (χ1v) is 14.1. The van der Waals surface area contributed by atoms with Crippen LogP contribution in [-0.4, -0.2) is 80.8 Å². The van der Waals surface area contributed by atoms with Crippen LogP contribution in [0.3, 0.4) is 0 Å². The molecule has 0 atom stereocenters. The van der Waals surface area contributed by atoms with Gasteiger partial charge >= 0.3 is 12.2 Å². The summed E-state index contributed by atoms with van der Waals surface area (Å²) in [6.07, 6.45) is -1.25. The van der Waals surface area contributed by atoms with E-state index >= 15 is 0 Å². The van der Waals surface area contributed by atoms with E-state index in [0.717, 1.165) is 22.4 Å². The number of alkyl carbamates (subject to hydrolysis) is 2. The van der Waals surface area contributed by atoms with E-state index in [1.54, 1.807) is 0 Å². The van der Waals surface area contributed by atoms with Gasteiger partial charge in [-0.2, -0.15) is 0 Å². The monoisotopic (exact) mass is 571 g/mol. The largest absolute Gasteiger partial charge is 0.492 e. The Balaban J connectivity index is 1.54. The van der Waals surface area contributed by atoms with Gasteiger partial charge < -0.3 is 34.3 Å². The van der Waals surface area contributed by atoms with E-state index in [9.17, 15) is 9.59 Å². The Morgan fingerprint density at radius 1 is 0.805 bits per heavy atom. The second-order valence-electron chi connectivity index (χ2n) is 11.8. The molecule has 1 saturated heterocycles. The molecule has 0 saturated carbocycles. The topological polar surface area (TPSA) is 108 Å². The molecule has 0 aromatic heterocycles. The third kappa shape index (κ3) is 12.4. The van der Waals surface area contributed by atoms with Gasteiger partial charge in [0.05, 0.1) is 13.2 Å². The van der Waals surface area contributed by atoms with Gasteiger partial charge in [-0.25, -0.2) is 9.59 Å². The molecule has 41 heavy (non-hydrogen) atoms. The summed E-state index contributed by atoms with van der Waals surface area (Å²) in [6.45, 7) is 15.0. The van der Waals surface area contributed by atoms with E-state index in [4.69, 9.17) is 23.7 Å². The van der Waals surface area contributed by atoms with Crippen molar-refractivity contribution in [2.24, 2.45) is 0 Å². The van der Waals surface area contributed by atoms with Gasteiger partial charge in [0.25, 0.3) is 0 Å². The molecular formula is C31H45N3O7. The van der Waals surface area contributed by atoms with Crippen LogP contribution >= 0.6 is 0 Å². The van der Waals surface area contributed by atoms with Crippen molar-refractivity contribution in [3.63, 3.8) is 0 Å². The average molecular weight is 572 g/mol. The van der Waals surface area contributed by atoms with Gasteiger partial charge in [-0.1, -0.05) is 30.3 Å². The van der Waals surface area contributed by atoms with E-state index in [0.29, 0.717) is 52.5 Å². The zero-order chi connectivity index (χ0) is 29.9. The third-order valence-corrected chi connectivity index (χ3v) is 5.82. The van der Waals surface area contributed by atoms with Gasteiger partial charge in [-0.3, -0.25) is 4.90 Å². The lowest BCUT2D eigenvalue weighted by Crippen LogP contribution is -2.43. The summed E-state index contributed by atoms with van der Waals surface area (Å²) in [4.78, 5) is 26.2. The molecule has 0 unspecified atom stereocenters. The van der Waals surface area contributed by atoms with Gasteiger partial charge in [-0.05, 0) is 70.9 Å². The number of amides is 2. The van der Waals surface area contributed by atoms with Crippen LogP contribution in [0.15, 0.2) is 48.5 Å². The van der Waals surface area contributed by atoms with Crippen LogP contribution in [0.5, 0.6) is 5.75 Å². The van der Waals surface area contributed by atoms with E-state index in [2.05, 4.69) is 27.7 Å². The van der Waals surface area contributed by atoms with E-state index < -0.39 is 23.4 Å². The summed E-state index contributed by atoms with van der Waals surface area (Å²) in [7, 11) is 0. The summed E-state index contributed by atoms with van der Waals surface area (Å²) in [5, 5.41) is 5.57. The summed E-state index contributed by atoms with van der Waals surface area (Å²) >= 11 is 0. The quantitative estimate of drug-likeness (QED) is 0.361. The normalized spacial score (nSPS) is 14.1. The minimum Gasteiger partial charge on any atom is -0.492 e. The first-order chi connectivity index (χ1) is 19.4. The van der Waals surface area contributed by atoms with Crippen LogP contribution < -0.4 is 15.4 Å². The molecule has 2 N–H and O–H groups in total. The molecule has 2 aromatic rings. The van der Waals surface area contributed by atoms with Crippen LogP contribution in [0.1, 0.15) is 53.4 Å². The molecule has 2 aromatic carbocycles. The fraction of sp³-hybridized carbons (Fsp3) is 0.548. The van der Waals surface area contributed by atoms with E-state index in [1.807, 2.05) is 77.9 Å². The molecule has 0 radical (unpaired) electrons. The highest BCUT2D eigenvalue weighted by atomic mass is 16.7. The number of rotatable bonds is 12.